The molecule has 2 rings (SSSR count). The SMILES string of the molecule is Cc1ccc(S(=O)(=O)N2CCN(CC(=O)O)CC2)cc1. The molecule has 0 spiro atoms. The van der Waals surface area contributed by atoms with Crippen molar-refractivity contribution in [2.45, 2.75) is 11.8 Å². The maximum Gasteiger partial charge on any atom is 0.317 e. The van der Waals surface area contributed by atoms with Gasteiger partial charge in [-0.3, -0.25) is 9.69 Å². The predicted octanol–water partition coefficient (Wildman–Crippen LogP) is 0.386. The maximum atomic E-state index is 12.4. The van der Waals surface area contributed by atoms with Crippen LogP contribution < -0.4 is 0 Å². The highest BCUT2D eigenvalue weighted by atomic mass is 32.2. The number of benzene rings is 1. The van der Waals surface area contributed by atoms with E-state index in [-0.39, 0.29) is 11.4 Å². The van der Waals surface area contributed by atoms with Crippen LogP contribution in [0.25, 0.3) is 0 Å². The van der Waals surface area contributed by atoms with Crippen molar-refractivity contribution in [1.82, 2.24) is 9.21 Å². The second kappa shape index (κ2) is 5.90. The highest BCUT2D eigenvalue weighted by Crippen LogP contribution is 2.18. The molecule has 0 bridgehead atoms. The Bertz CT molecular complexity index is 575. The Labute approximate surface area is 118 Å². The van der Waals surface area contributed by atoms with Crippen LogP contribution in [-0.2, 0) is 14.8 Å². The number of carboxylic acids is 1. The molecule has 110 valence electrons. The molecule has 0 unspecified atom stereocenters. The van der Waals surface area contributed by atoms with Crippen LogP contribution in [0.4, 0.5) is 0 Å². The van der Waals surface area contributed by atoms with Crippen LogP contribution in [0, 0.1) is 6.92 Å². The van der Waals surface area contributed by atoms with E-state index in [1.54, 1.807) is 29.2 Å². The molecule has 6 nitrogen and oxygen atoms in total. The maximum absolute atomic E-state index is 12.4. The van der Waals surface area contributed by atoms with Gasteiger partial charge in [-0.15, -0.1) is 0 Å². The topological polar surface area (TPSA) is 77.9 Å². The van der Waals surface area contributed by atoms with Crippen LogP contribution in [0.15, 0.2) is 29.2 Å². The van der Waals surface area contributed by atoms with Gasteiger partial charge in [0.15, 0.2) is 0 Å². The van der Waals surface area contributed by atoms with E-state index in [1.807, 2.05) is 6.92 Å². The Hall–Kier alpha value is -1.44. The Morgan fingerprint density at radius 1 is 1.15 bits per heavy atom. The second-order valence-electron chi connectivity index (χ2n) is 4.89. The van der Waals surface area contributed by atoms with Gasteiger partial charge in [0.25, 0.3) is 0 Å². The van der Waals surface area contributed by atoms with Gasteiger partial charge in [0.1, 0.15) is 0 Å². The Balaban J connectivity index is 2.05. The summed E-state index contributed by atoms with van der Waals surface area (Å²) in [5.41, 5.74) is 1.01. The average Bonchev–Trinajstić information content (AvgIpc) is 2.39. The number of piperazine rings is 1. The lowest BCUT2D eigenvalue weighted by Gasteiger charge is -2.32. The lowest BCUT2D eigenvalue weighted by molar-refractivity contribution is -0.138. The van der Waals surface area contributed by atoms with E-state index in [1.165, 1.54) is 4.31 Å². The van der Waals surface area contributed by atoms with Gasteiger partial charge in [-0.1, -0.05) is 17.7 Å². The van der Waals surface area contributed by atoms with Gasteiger partial charge < -0.3 is 5.11 Å². The van der Waals surface area contributed by atoms with Crippen LogP contribution in [-0.4, -0.2) is 61.4 Å². The van der Waals surface area contributed by atoms with E-state index >= 15 is 0 Å². The first-order valence-corrected chi connectivity index (χ1v) is 7.84. The number of aryl methyl sites for hydroxylation is 1. The van der Waals surface area contributed by atoms with Crippen LogP contribution >= 0.6 is 0 Å². The number of carboxylic acid groups (broad SMARTS) is 1. The largest absolute Gasteiger partial charge is 0.480 e. The van der Waals surface area contributed by atoms with Gasteiger partial charge in [0.2, 0.25) is 10.0 Å². The van der Waals surface area contributed by atoms with E-state index < -0.39 is 16.0 Å². The Morgan fingerprint density at radius 3 is 2.20 bits per heavy atom. The molecule has 0 atom stereocenters. The number of rotatable bonds is 4. The summed E-state index contributed by atoms with van der Waals surface area (Å²) in [5.74, 6) is -0.889. The van der Waals surface area contributed by atoms with Crippen molar-refractivity contribution in [2.75, 3.05) is 32.7 Å². The normalized spacial score (nSPS) is 18.1. The third-order valence-electron chi connectivity index (χ3n) is 3.35. The third-order valence-corrected chi connectivity index (χ3v) is 5.26. The lowest BCUT2D eigenvalue weighted by atomic mass is 10.2. The van der Waals surface area contributed by atoms with E-state index in [2.05, 4.69) is 0 Å². The van der Waals surface area contributed by atoms with Crippen molar-refractivity contribution in [3.63, 3.8) is 0 Å². The molecule has 1 saturated heterocycles. The summed E-state index contributed by atoms with van der Waals surface area (Å²) in [6.45, 7) is 3.39. The molecule has 0 aromatic heterocycles. The van der Waals surface area contributed by atoms with E-state index in [4.69, 9.17) is 5.11 Å². The molecule has 0 radical (unpaired) electrons. The number of hydrogen-bond donors (Lipinski definition) is 1. The molecule has 0 saturated carbocycles. The van der Waals surface area contributed by atoms with Crippen LogP contribution in [0.2, 0.25) is 0 Å². The van der Waals surface area contributed by atoms with Gasteiger partial charge in [-0.05, 0) is 19.1 Å². The zero-order valence-electron chi connectivity index (χ0n) is 11.3. The van der Waals surface area contributed by atoms with Gasteiger partial charge in [0, 0.05) is 26.2 Å². The molecule has 1 N–H and O–H groups in total. The highest BCUT2D eigenvalue weighted by Gasteiger charge is 2.28. The summed E-state index contributed by atoms with van der Waals surface area (Å²) >= 11 is 0. The first-order chi connectivity index (χ1) is 9.39. The lowest BCUT2D eigenvalue weighted by Crippen LogP contribution is -2.49. The molecule has 1 aliphatic heterocycles. The van der Waals surface area contributed by atoms with Crippen molar-refractivity contribution in [2.24, 2.45) is 0 Å². The molecule has 0 aliphatic carbocycles. The number of sulfonamides is 1. The molecular weight excluding hydrogens is 280 g/mol. The van der Waals surface area contributed by atoms with Gasteiger partial charge in [-0.2, -0.15) is 4.31 Å². The summed E-state index contributed by atoms with van der Waals surface area (Å²) < 4.78 is 26.2. The summed E-state index contributed by atoms with van der Waals surface area (Å²) in [4.78, 5) is 12.7. The van der Waals surface area contributed by atoms with E-state index in [0.717, 1.165) is 5.56 Å². The van der Waals surface area contributed by atoms with Crippen molar-refractivity contribution in [3.8, 4) is 0 Å². The smallest absolute Gasteiger partial charge is 0.317 e. The summed E-state index contributed by atoms with van der Waals surface area (Å²) in [6, 6.07) is 6.75. The van der Waals surface area contributed by atoms with Crippen LogP contribution in [0.5, 0.6) is 0 Å². The van der Waals surface area contributed by atoms with Gasteiger partial charge in [0.05, 0.1) is 11.4 Å². The van der Waals surface area contributed by atoms with E-state index in [0.29, 0.717) is 26.2 Å². The number of hydrogen-bond acceptors (Lipinski definition) is 4. The molecule has 1 heterocycles. The first kappa shape index (κ1) is 15.0. The summed E-state index contributed by atoms with van der Waals surface area (Å²) in [5, 5.41) is 8.72. The molecule has 1 aliphatic rings. The van der Waals surface area contributed by atoms with Crippen LogP contribution in [0.3, 0.4) is 0 Å². The second-order valence-corrected chi connectivity index (χ2v) is 6.82. The van der Waals surface area contributed by atoms with Crippen LogP contribution in [0.1, 0.15) is 5.56 Å². The quantitative estimate of drug-likeness (QED) is 0.870. The molecule has 20 heavy (non-hydrogen) atoms. The molecule has 1 aromatic rings. The number of carbonyl (C=O) groups is 1. The predicted molar refractivity (Wildman–Crippen MR) is 74.0 cm³/mol. The number of aliphatic carboxylic acids is 1. The minimum Gasteiger partial charge on any atom is -0.480 e. The van der Waals surface area contributed by atoms with E-state index in [9.17, 15) is 13.2 Å². The minimum absolute atomic E-state index is 0.0432. The zero-order valence-corrected chi connectivity index (χ0v) is 12.1. The minimum atomic E-state index is -3.47. The van der Waals surface area contributed by atoms with Crippen molar-refractivity contribution >= 4 is 16.0 Å². The summed E-state index contributed by atoms with van der Waals surface area (Å²) in [7, 11) is -3.47. The Kier molecular flexibility index (Phi) is 4.42. The number of nitrogens with zero attached hydrogens (tertiary/aromatic N) is 2. The molecular formula is C13H18N2O4S. The van der Waals surface area contributed by atoms with Crippen molar-refractivity contribution < 1.29 is 18.3 Å². The fourth-order valence-corrected chi connectivity index (χ4v) is 3.60. The van der Waals surface area contributed by atoms with Gasteiger partial charge >= 0.3 is 5.97 Å². The van der Waals surface area contributed by atoms with Crippen molar-refractivity contribution in [1.29, 1.82) is 0 Å². The first-order valence-electron chi connectivity index (χ1n) is 6.40. The molecule has 1 fully saturated rings. The molecule has 0 amide bonds. The molecule has 1 aromatic carbocycles. The Morgan fingerprint density at radius 2 is 1.70 bits per heavy atom. The zero-order chi connectivity index (χ0) is 14.8. The highest BCUT2D eigenvalue weighted by molar-refractivity contribution is 7.89. The summed E-state index contributed by atoms with van der Waals surface area (Å²) in [6.07, 6.45) is 0. The molecule has 7 heteroatoms. The average molecular weight is 298 g/mol. The standard InChI is InChI=1S/C13H18N2O4S/c1-11-2-4-12(5-3-11)20(18,19)15-8-6-14(7-9-15)10-13(16)17/h2-5H,6-10H2,1H3,(H,16,17). The fourth-order valence-electron chi connectivity index (χ4n) is 2.18. The monoisotopic (exact) mass is 298 g/mol. The van der Waals surface area contributed by atoms with Gasteiger partial charge in [-0.25, -0.2) is 8.42 Å². The third kappa shape index (κ3) is 3.36. The fraction of sp³-hybridized carbons (Fsp3) is 0.462. The van der Waals surface area contributed by atoms with Crippen molar-refractivity contribution in [3.05, 3.63) is 29.8 Å².